The normalized spacial score (nSPS) is 10.8. The van der Waals surface area contributed by atoms with Crippen LogP contribution in [0.5, 0.6) is 0 Å². The van der Waals surface area contributed by atoms with Gasteiger partial charge in [-0.25, -0.2) is 4.98 Å². The van der Waals surface area contributed by atoms with Crippen LogP contribution in [-0.2, 0) is 6.42 Å². The van der Waals surface area contributed by atoms with E-state index in [0.717, 1.165) is 29.8 Å². The zero-order valence-electron chi connectivity index (χ0n) is 7.23. The fourth-order valence-corrected chi connectivity index (χ4v) is 1.19. The number of nitrogens with zero attached hydrogens (tertiary/aromatic N) is 2. The van der Waals surface area contributed by atoms with Crippen LogP contribution in [-0.4, -0.2) is 16.5 Å². The van der Waals surface area contributed by atoms with Gasteiger partial charge in [-0.15, -0.1) is 0 Å². The first-order valence-corrected chi connectivity index (χ1v) is 4.29. The van der Waals surface area contributed by atoms with E-state index in [0.29, 0.717) is 6.54 Å². The Hall–Kier alpha value is -1.42. The standard InChI is InChI=1S/C9H11N3O/c10-4-1-2-9-12-7-3-5-11-6-8(7)13-9/h3,5-6H,1-2,4,10H2. The van der Waals surface area contributed by atoms with E-state index < -0.39 is 0 Å². The Morgan fingerprint density at radius 1 is 1.46 bits per heavy atom. The van der Waals surface area contributed by atoms with Crippen LogP contribution in [0.2, 0.25) is 0 Å². The van der Waals surface area contributed by atoms with Crippen molar-refractivity contribution in [1.82, 2.24) is 9.97 Å². The van der Waals surface area contributed by atoms with Gasteiger partial charge >= 0.3 is 0 Å². The highest BCUT2D eigenvalue weighted by atomic mass is 16.3. The number of nitrogens with two attached hydrogens (primary N) is 1. The van der Waals surface area contributed by atoms with Crippen molar-refractivity contribution in [2.24, 2.45) is 5.73 Å². The van der Waals surface area contributed by atoms with E-state index in [4.69, 9.17) is 10.2 Å². The number of hydrogen-bond donors (Lipinski definition) is 1. The summed E-state index contributed by atoms with van der Waals surface area (Å²) in [4.78, 5) is 8.24. The Morgan fingerprint density at radius 3 is 3.15 bits per heavy atom. The van der Waals surface area contributed by atoms with E-state index in [1.54, 1.807) is 12.4 Å². The molecular weight excluding hydrogens is 166 g/mol. The van der Waals surface area contributed by atoms with Crippen LogP contribution in [0.3, 0.4) is 0 Å². The zero-order chi connectivity index (χ0) is 9.10. The first-order chi connectivity index (χ1) is 6.40. The van der Waals surface area contributed by atoms with Crippen LogP contribution in [0.4, 0.5) is 0 Å². The smallest absolute Gasteiger partial charge is 0.195 e. The molecule has 0 aliphatic carbocycles. The third kappa shape index (κ3) is 1.67. The molecule has 4 heteroatoms. The fraction of sp³-hybridized carbons (Fsp3) is 0.333. The minimum Gasteiger partial charge on any atom is -0.439 e. The molecule has 0 unspecified atom stereocenters. The fourth-order valence-electron chi connectivity index (χ4n) is 1.19. The first-order valence-electron chi connectivity index (χ1n) is 4.29. The highest BCUT2D eigenvalue weighted by Gasteiger charge is 2.03. The number of oxazole rings is 1. The number of hydrogen-bond acceptors (Lipinski definition) is 4. The monoisotopic (exact) mass is 177 g/mol. The Kier molecular flexibility index (Phi) is 2.23. The maximum atomic E-state index is 5.44. The van der Waals surface area contributed by atoms with Crippen molar-refractivity contribution < 1.29 is 4.42 Å². The molecule has 0 aromatic carbocycles. The number of fused-ring (bicyclic) bond motifs is 1. The number of aromatic nitrogens is 2. The summed E-state index contributed by atoms with van der Waals surface area (Å²) >= 11 is 0. The zero-order valence-corrected chi connectivity index (χ0v) is 7.23. The predicted octanol–water partition coefficient (Wildman–Crippen LogP) is 1.11. The van der Waals surface area contributed by atoms with Gasteiger partial charge in [-0.3, -0.25) is 4.98 Å². The maximum absolute atomic E-state index is 5.44. The summed E-state index contributed by atoms with van der Waals surface area (Å²) < 4.78 is 5.44. The highest BCUT2D eigenvalue weighted by Crippen LogP contribution is 2.13. The number of pyridine rings is 1. The van der Waals surface area contributed by atoms with Gasteiger partial charge in [0, 0.05) is 12.6 Å². The lowest BCUT2D eigenvalue weighted by Gasteiger charge is -1.89. The lowest BCUT2D eigenvalue weighted by Crippen LogP contribution is -2.00. The van der Waals surface area contributed by atoms with Gasteiger partial charge in [0.1, 0.15) is 5.52 Å². The molecule has 68 valence electrons. The summed E-state index contributed by atoms with van der Waals surface area (Å²) in [6.07, 6.45) is 5.08. The van der Waals surface area contributed by atoms with Gasteiger partial charge < -0.3 is 10.2 Å². The predicted molar refractivity (Wildman–Crippen MR) is 49.2 cm³/mol. The maximum Gasteiger partial charge on any atom is 0.195 e. The van der Waals surface area contributed by atoms with Gasteiger partial charge in [0.05, 0.1) is 6.20 Å². The molecule has 0 fully saturated rings. The second-order valence-corrected chi connectivity index (χ2v) is 2.84. The Bertz CT molecular complexity index is 363. The molecule has 0 spiro atoms. The molecule has 2 aromatic rings. The average molecular weight is 177 g/mol. The molecule has 0 aliphatic rings. The van der Waals surface area contributed by atoms with Crippen molar-refractivity contribution >= 4 is 11.1 Å². The van der Waals surface area contributed by atoms with Crippen LogP contribution in [0.15, 0.2) is 22.9 Å². The molecule has 2 rings (SSSR count). The Morgan fingerprint density at radius 2 is 2.38 bits per heavy atom. The molecule has 0 bridgehead atoms. The van der Waals surface area contributed by atoms with Gasteiger partial charge in [-0.05, 0) is 19.0 Å². The van der Waals surface area contributed by atoms with Crippen LogP contribution in [0, 0.1) is 0 Å². The van der Waals surface area contributed by atoms with Gasteiger partial charge in [0.25, 0.3) is 0 Å². The molecule has 0 atom stereocenters. The van der Waals surface area contributed by atoms with Gasteiger partial charge in [0.2, 0.25) is 0 Å². The molecule has 2 heterocycles. The SMILES string of the molecule is NCCCc1nc2ccncc2o1. The summed E-state index contributed by atoms with van der Waals surface area (Å²) in [5, 5.41) is 0. The van der Waals surface area contributed by atoms with Crippen molar-refractivity contribution in [3.63, 3.8) is 0 Å². The van der Waals surface area contributed by atoms with E-state index in [1.165, 1.54) is 0 Å². The first kappa shape index (κ1) is 8.19. The van der Waals surface area contributed by atoms with E-state index in [9.17, 15) is 0 Å². The summed E-state index contributed by atoms with van der Waals surface area (Å²) in [5.41, 5.74) is 7.00. The van der Waals surface area contributed by atoms with E-state index >= 15 is 0 Å². The molecule has 13 heavy (non-hydrogen) atoms. The highest BCUT2D eigenvalue weighted by molar-refractivity contribution is 5.70. The van der Waals surface area contributed by atoms with Crippen LogP contribution < -0.4 is 5.73 Å². The number of aryl methyl sites for hydroxylation is 1. The average Bonchev–Trinajstić information content (AvgIpc) is 2.57. The van der Waals surface area contributed by atoms with Gasteiger partial charge in [0.15, 0.2) is 11.5 Å². The topological polar surface area (TPSA) is 64.9 Å². The van der Waals surface area contributed by atoms with E-state index in [1.807, 2.05) is 6.07 Å². The van der Waals surface area contributed by atoms with Crippen molar-refractivity contribution in [2.45, 2.75) is 12.8 Å². The van der Waals surface area contributed by atoms with Crippen molar-refractivity contribution in [3.8, 4) is 0 Å². The van der Waals surface area contributed by atoms with Gasteiger partial charge in [-0.2, -0.15) is 0 Å². The van der Waals surface area contributed by atoms with Crippen LogP contribution >= 0.6 is 0 Å². The quantitative estimate of drug-likeness (QED) is 0.762. The second kappa shape index (κ2) is 3.53. The molecule has 2 aromatic heterocycles. The van der Waals surface area contributed by atoms with Crippen molar-refractivity contribution in [2.75, 3.05) is 6.54 Å². The summed E-state index contributed by atoms with van der Waals surface area (Å²) in [6.45, 7) is 0.664. The summed E-state index contributed by atoms with van der Waals surface area (Å²) in [6, 6.07) is 1.84. The van der Waals surface area contributed by atoms with Crippen molar-refractivity contribution in [3.05, 3.63) is 24.4 Å². The second-order valence-electron chi connectivity index (χ2n) is 2.84. The molecule has 4 nitrogen and oxygen atoms in total. The third-order valence-electron chi connectivity index (χ3n) is 1.83. The molecule has 0 saturated carbocycles. The minimum atomic E-state index is 0.664. The summed E-state index contributed by atoms with van der Waals surface area (Å²) in [7, 11) is 0. The van der Waals surface area contributed by atoms with Crippen LogP contribution in [0.25, 0.3) is 11.1 Å². The number of rotatable bonds is 3. The van der Waals surface area contributed by atoms with E-state index in [2.05, 4.69) is 9.97 Å². The molecule has 0 saturated heterocycles. The largest absolute Gasteiger partial charge is 0.439 e. The lowest BCUT2D eigenvalue weighted by atomic mass is 10.3. The molecule has 0 aliphatic heterocycles. The molecule has 0 radical (unpaired) electrons. The Labute approximate surface area is 75.8 Å². The van der Waals surface area contributed by atoms with Crippen LogP contribution in [0.1, 0.15) is 12.3 Å². The molecular formula is C9H11N3O. The minimum absolute atomic E-state index is 0.664. The molecule has 0 amide bonds. The lowest BCUT2D eigenvalue weighted by molar-refractivity contribution is 0.520. The van der Waals surface area contributed by atoms with Crippen molar-refractivity contribution in [1.29, 1.82) is 0 Å². The third-order valence-corrected chi connectivity index (χ3v) is 1.83. The Balaban J connectivity index is 2.28. The summed E-state index contributed by atoms with van der Waals surface area (Å²) in [5.74, 6) is 0.744. The van der Waals surface area contributed by atoms with Gasteiger partial charge in [-0.1, -0.05) is 0 Å². The molecule has 2 N–H and O–H groups in total. The van der Waals surface area contributed by atoms with E-state index in [-0.39, 0.29) is 0 Å².